The number of hydrogen-bond acceptors (Lipinski definition) is 2. The normalized spacial score (nSPS) is 10.8. The van der Waals surface area contributed by atoms with Crippen molar-refractivity contribution in [1.82, 2.24) is 0 Å². The second-order valence-corrected chi connectivity index (χ2v) is 6.13. The van der Waals surface area contributed by atoms with Gasteiger partial charge in [-0.2, -0.15) is 0 Å². The standard InChI is InChI=1S/C20H20ClNO2/c1-14-18(4-3-5-19(14)21)20-11-10-17(24-20)13-22-12-15-6-8-16(23-2)9-7-15/h3-11,22H,12-13H2,1-2H3/p+1. The molecule has 0 radical (unpaired) electrons. The summed E-state index contributed by atoms with van der Waals surface area (Å²) >= 11 is 6.19. The molecule has 2 N–H and O–H groups in total. The highest BCUT2D eigenvalue weighted by Gasteiger charge is 2.10. The Bertz CT molecular complexity index is 809. The summed E-state index contributed by atoms with van der Waals surface area (Å²) in [5.74, 6) is 2.70. The summed E-state index contributed by atoms with van der Waals surface area (Å²) in [6.07, 6.45) is 0. The van der Waals surface area contributed by atoms with Crippen molar-refractivity contribution in [2.75, 3.05) is 7.11 Å². The van der Waals surface area contributed by atoms with Gasteiger partial charge in [0.15, 0.2) is 5.76 Å². The molecule has 24 heavy (non-hydrogen) atoms. The van der Waals surface area contributed by atoms with Crippen LogP contribution in [-0.2, 0) is 13.1 Å². The molecule has 0 amide bonds. The van der Waals surface area contributed by atoms with Gasteiger partial charge in [-0.05, 0) is 55.0 Å². The van der Waals surface area contributed by atoms with E-state index >= 15 is 0 Å². The maximum Gasteiger partial charge on any atom is 0.158 e. The molecule has 0 atom stereocenters. The van der Waals surface area contributed by atoms with Gasteiger partial charge in [0.2, 0.25) is 0 Å². The second kappa shape index (κ2) is 7.56. The molecule has 0 fully saturated rings. The Morgan fingerprint density at radius 2 is 1.79 bits per heavy atom. The van der Waals surface area contributed by atoms with E-state index in [-0.39, 0.29) is 0 Å². The molecule has 1 heterocycles. The molecule has 1 aromatic heterocycles. The number of ether oxygens (including phenoxy) is 1. The van der Waals surface area contributed by atoms with Crippen LogP contribution in [0.5, 0.6) is 5.75 Å². The average molecular weight is 343 g/mol. The zero-order valence-electron chi connectivity index (χ0n) is 13.9. The number of methoxy groups -OCH3 is 1. The van der Waals surface area contributed by atoms with Crippen LogP contribution in [0.4, 0.5) is 0 Å². The van der Waals surface area contributed by atoms with Crippen LogP contribution in [-0.4, -0.2) is 7.11 Å². The lowest BCUT2D eigenvalue weighted by molar-refractivity contribution is -0.687. The molecule has 3 rings (SSSR count). The Hall–Kier alpha value is -2.23. The van der Waals surface area contributed by atoms with Gasteiger partial charge >= 0.3 is 0 Å². The highest BCUT2D eigenvalue weighted by atomic mass is 35.5. The Kier molecular flexibility index (Phi) is 5.24. The third kappa shape index (κ3) is 3.81. The minimum atomic E-state index is 0.761. The van der Waals surface area contributed by atoms with Crippen molar-refractivity contribution < 1.29 is 14.5 Å². The van der Waals surface area contributed by atoms with Crippen molar-refractivity contribution in [3.05, 3.63) is 76.5 Å². The minimum absolute atomic E-state index is 0.761. The maximum atomic E-state index is 6.19. The van der Waals surface area contributed by atoms with Gasteiger partial charge in [0, 0.05) is 16.1 Å². The summed E-state index contributed by atoms with van der Waals surface area (Å²) in [6.45, 7) is 3.71. The van der Waals surface area contributed by atoms with Crippen LogP contribution in [0.2, 0.25) is 5.02 Å². The molecule has 3 nitrogen and oxygen atoms in total. The van der Waals surface area contributed by atoms with E-state index in [1.54, 1.807) is 7.11 Å². The number of halogens is 1. The summed E-state index contributed by atoms with van der Waals surface area (Å²) < 4.78 is 11.1. The summed E-state index contributed by atoms with van der Waals surface area (Å²) in [6, 6.07) is 18.0. The van der Waals surface area contributed by atoms with Gasteiger partial charge in [0.25, 0.3) is 0 Å². The van der Waals surface area contributed by atoms with Crippen LogP contribution in [0.25, 0.3) is 11.3 Å². The summed E-state index contributed by atoms with van der Waals surface area (Å²) in [7, 11) is 1.68. The predicted molar refractivity (Wildman–Crippen MR) is 96.2 cm³/mol. The topological polar surface area (TPSA) is 39.0 Å². The van der Waals surface area contributed by atoms with E-state index in [0.717, 1.165) is 46.5 Å². The van der Waals surface area contributed by atoms with E-state index in [1.807, 2.05) is 49.4 Å². The monoisotopic (exact) mass is 342 g/mol. The Labute approximate surface area is 147 Å². The second-order valence-electron chi connectivity index (χ2n) is 5.72. The molecule has 2 aromatic carbocycles. The molecular formula is C20H21ClNO2+. The quantitative estimate of drug-likeness (QED) is 0.729. The van der Waals surface area contributed by atoms with E-state index in [0.29, 0.717) is 0 Å². The predicted octanol–water partition coefficient (Wildman–Crippen LogP) is 4.18. The third-order valence-electron chi connectivity index (χ3n) is 4.08. The molecular weight excluding hydrogens is 322 g/mol. The molecule has 4 heteroatoms. The smallest absolute Gasteiger partial charge is 0.158 e. The maximum absolute atomic E-state index is 6.19. The number of benzene rings is 2. The van der Waals surface area contributed by atoms with Gasteiger partial charge in [-0.3, -0.25) is 0 Å². The van der Waals surface area contributed by atoms with Gasteiger partial charge in [-0.15, -0.1) is 0 Å². The van der Waals surface area contributed by atoms with Crippen LogP contribution < -0.4 is 10.1 Å². The van der Waals surface area contributed by atoms with Gasteiger partial charge in [-0.1, -0.05) is 23.7 Å². The first-order valence-corrected chi connectivity index (χ1v) is 8.34. The molecule has 0 saturated heterocycles. The van der Waals surface area contributed by atoms with Gasteiger partial charge in [-0.25, -0.2) is 0 Å². The number of rotatable bonds is 6. The van der Waals surface area contributed by atoms with Crippen molar-refractivity contribution in [1.29, 1.82) is 0 Å². The van der Waals surface area contributed by atoms with Crippen LogP contribution >= 0.6 is 11.6 Å². The zero-order valence-corrected chi connectivity index (χ0v) is 14.6. The van der Waals surface area contributed by atoms with Gasteiger partial charge in [0.1, 0.15) is 24.6 Å². The average Bonchev–Trinajstić information content (AvgIpc) is 3.06. The lowest BCUT2D eigenvalue weighted by atomic mass is 10.1. The molecule has 0 unspecified atom stereocenters. The molecule has 0 saturated carbocycles. The first kappa shape index (κ1) is 16.6. The first-order chi connectivity index (χ1) is 11.7. The zero-order chi connectivity index (χ0) is 16.9. The SMILES string of the molecule is COc1ccc(C[NH2+]Cc2ccc(-c3cccc(Cl)c3C)o2)cc1. The van der Waals surface area contributed by atoms with Crippen molar-refractivity contribution in [2.24, 2.45) is 0 Å². The number of nitrogens with two attached hydrogens (primary N) is 1. The number of furan rings is 1. The Morgan fingerprint density at radius 1 is 1.00 bits per heavy atom. The van der Waals surface area contributed by atoms with Crippen LogP contribution in [0.3, 0.4) is 0 Å². The van der Waals surface area contributed by atoms with Crippen LogP contribution in [0.1, 0.15) is 16.9 Å². The lowest BCUT2D eigenvalue weighted by Crippen LogP contribution is -2.80. The van der Waals surface area contributed by atoms with E-state index in [2.05, 4.69) is 17.4 Å². The fourth-order valence-corrected chi connectivity index (χ4v) is 2.82. The van der Waals surface area contributed by atoms with Gasteiger partial charge < -0.3 is 14.5 Å². The van der Waals surface area contributed by atoms with Crippen molar-refractivity contribution in [3.63, 3.8) is 0 Å². The molecule has 0 aliphatic carbocycles. The number of quaternary nitrogens is 1. The Balaban J connectivity index is 1.61. The van der Waals surface area contributed by atoms with E-state index in [1.165, 1.54) is 5.56 Å². The van der Waals surface area contributed by atoms with Gasteiger partial charge in [0.05, 0.1) is 7.11 Å². The van der Waals surface area contributed by atoms with Crippen LogP contribution in [0, 0.1) is 6.92 Å². The van der Waals surface area contributed by atoms with Crippen LogP contribution in [0.15, 0.2) is 59.0 Å². The van der Waals surface area contributed by atoms with E-state index in [4.69, 9.17) is 20.8 Å². The third-order valence-corrected chi connectivity index (χ3v) is 4.49. The number of hydrogen-bond donors (Lipinski definition) is 1. The summed E-state index contributed by atoms with van der Waals surface area (Å²) in [5.41, 5.74) is 3.35. The highest BCUT2D eigenvalue weighted by molar-refractivity contribution is 6.31. The summed E-state index contributed by atoms with van der Waals surface area (Å²) in [5, 5.41) is 2.98. The highest BCUT2D eigenvalue weighted by Crippen LogP contribution is 2.29. The van der Waals surface area contributed by atoms with Crippen molar-refractivity contribution in [3.8, 4) is 17.1 Å². The van der Waals surface area contributed by atoms with E-state index < -0.39 is 0 Å². The van der Waals surface area contributed by atoms with Crippen molar-refractivity contribution >= 4 is 11.6 Å². The fraction of sp³-hybridized carbons (Fsp3) is 0.200. The molecule has 0 aliphatic rings. The molecule has 0 spiro atoms. The molecule has 124 valence electrons. The molecule has 0 bridgehead atoms. The van der Waals surface area contributed by atoms with Crippen molar-refractivity contribution in [2.45, 2.75) is 20.0 Å². The van der Waals surface area contributed by atoms with E-state index in [9.17, 15) is 0 Å². The lowest BCUT2D eigenvalue weighted by Gasteiger charge is -2.04. The Morgan fingerprint density at radius 3 is 2.54 bits per heavy atom. The fourth-order valence-electron chi connectivity index (χ4n) is 2.65. The summed E-state index contributed by atoms with van der Waals surface area (Å²) in [4.78, 5) is 0. The first-order valence-electron chi connectivity index (χ1n) is 7.96. The largest absolute Gasteiger partial charge is 0.497 e. The molecule has 3 aromatic rings. The minimum Gasteiger partial charge on any atom is -0.497 e. The molecule has 0 aliphatic heterocycles.